The fourth-order valence-electron chi connectivity index (χ4n) is 4.18. The van der Waals surface area contributed by atoms with Gasteiger partial charge >= 0.3 is 11.9 Å². The summed E-state index contributed by atoms with van der Waals surface area (Å²) in [6.45, 7) is 2.46. The molecule has 0 saturated carbocycles. The van der Waals surface area contributed by atoms with Crippen molar-refractivity contribution in [2.45, 2.75) is 13.5 Å². The van der Waals surface area contributed by atoms with E-state index in [1.807, 2.05) is 49.3 Å². The Labute approximate surface area is 207 Å². The van der Waals surface area contributed by atoms with Gasteiger partial charge in [-0.05, 0) is 51.4 Å². The van der Waals surface area contributed by atoms with Gasteiger partial charge < -0.3 is 28.3 Å². The smallest absolute Gasteiger partial charge is 0.343 e. The van der Waals surface area contributed by atoms with Crippen LogP contribution in [-0.2, 0) is 11.3 Å². The molecule has 3 aromatic carbocycles. The van der Waals surface area contributed by atoms with Crippen molar-refractivity contribution in [3.05, 3.63) is 77.4 Å². The predicted molar refractivity (Wildman–Crippen MR) is 133 cm³/mol. The minimum absolute atomic E-state index is 0.109. The van der Waals surface area contributed by atoms with Gasteiger partial charge in [-0.3, -0.25) is 0 Å². The second-order valence-corrected chi connectivity index (χ2v) is 8.50. The first-order valence-electron chi connectivity index (χ1n) is 11.5. The van der Waals surface area contributed by atoms with E-state index in [-0.39, 0.29) is 13.4 Å². The number of furan rings is 1. The van der Waals surface area contributed by atoms with E-state index in [0.717, 1.165) is 5.56 Å². The Bertz CT molecular complexity index is 1440. The Balaban J connectivity index is 1.64. The van der Waals surface area contributed by atoms with Gasteiger partial charge in [0.2, 0.25) is 6.79 Å². The minimum Gasteiger partial charge on any atom is -0.462 e. The van der Waals surface area contributed by atoms with Gasteiger partial charge in [-0.25, -0.2) is 9.59 Å². The zero-order chi connectivity index (χ0) is 25.2. The van der Waals surface area contributed by atoms with E-state index in [9.17, 15) is 9.59 Å². The molecule has 8 heteroatoms. The SMILES string of the molecule is CCOC(=O)c1c(-c2ccccc2)oc2ccc(OC(=O)c3ccc4c(c3)OCO4)c(CN(C)C)c12. The quantitative estimate of drug-likeness (QED) is 0.257. The normalized spacial score (nSPS) is 12.2. The largest absolute Gasteiger partial charge is 0.462 e. The summed E-state index contributed by atoms with van der Waals surface area (Å²) in [5.74, 6) is 0.729. The van der Waals surface area contributed by atoms with Gasteiger partial charge in [0.15, 0.2) is 11.5 Å². The lowest BCUT2D eigenvalue weighted by Gasteiger charge is -2.16. The highest BCUT2D eigenvalue weighted by Crippen LogP contribution is 2.40. The van der Waals surface area contributed by atoms with E-state index >= 15 is 0 Å². The first-order valence-corrected chi connectivity index (χ1v) is 11.5. The van der Waals surface area contributed by atoms with Crippen LogP contribution < -0.4 is 14.2 Å². The van der Waals surface area contributed by atoms with Crippen LogP contribution in [0.3, 0.4) is 0 Å². The van der Waals surface area contributed by atoms with Crippen LogP contribution >= 0.6 is 0 Å². The van der Waals surface area contributed by atoms with Crippen molar-refractivity contribution in [1.29, 1.82) is 0 Å². The average Bonchev–Trinajstić information content (AvgIpc) is 3.50. The van der Waals surface area contributed by atoms with E-state index in [1.165, 1.54) is 0 Å². The Morgan fingerprint density at radius 3 is 2.47 bits per heavy atom. The zero-order valence-electron chi connectivity index (χ0n) is 20.2. The second kappa shape index (κ2) is 9.75. The Kier molecular flexibility index (Phi) is 6.35. The molecule has 1 aliphatic heterocycles. The molecule has 5 rings (SSSR count). The number of hydrogen-bond acceptors (Lipinski definition) is 8. The monoisotopic (exact) mass is 487 g/mol. The van der Waals surface area contributed by atoms with Gasteiger partial charge in [0.1, 0.15) is 22.7 Å². The van der Waals surface area contributed by atoms with Gasteiger partial charge in [0.25, 0.3) is 0 Å². The van der Waals surface area contributed by atoms with E-state index < -0.39 is 11.9 Å². The summed E-state index contributed by atoms with van der Waals surface area (Å²) in [4.78, 5) is 28.2. The standard InChI is InChI=1S/C28H25NO7/c1-4-32-28(31)25-24-19(15-29(2)3)20(12-13-22(24)35-26(25)17-8-6-5-7-9-17)36-27(30)18-10-11-21-23(14-18)34-16-33-21/h5-14H,4,15-16H2,1-3H3. The summed E-state index contributed by atoms with van der Waals surface area (Å²) in [6.07, 6.45) is 0. The van der Waals surface area contributed by atoms with Crippen LogP contribution in [0, 0.1) is 0 Å². The summed E-state index contributed by atoms with van der Waals surface area (Å²) in [5, 5.41) is 0.553. The lowest BCUT2D eigenvalue weighted by atomic mass is 10.0. The van der Waals surface area contributed by atoms with Crippen molar-refractivity contribution in [3.8, 4) is 28.6 Å². The molecule has 8 nitrogen and oxygen atoms in total. The van der Waals surface area contributed by atoms with Crippen LogP contribution in [0.1, 0.15) is 33.2 Å². The molecule has 0 saturated heterocycles. The highest BCUT2D eigenvalue weighted by atomic mass is 16.7. The molecule has 2 heterocycles. The number of ether oxygens (including phenoxy) is 4. The van der Waals surface area contributed by atoms with E-state index in [1.54, 1.807) is 37.3 Å². The molecule has 0 amide bonds. The third-order valence-corrected chi connectivity index (χ3v) is 5.72. The van der Waals surface area contributed by atoms with Crippen molar-refractivity contribution in [1.82, 2.24) is 4.90 Å². The summed E-state index contributed by atoms with van der Waals surface area (Å²) in [5.41, 5.74) is 2.50. The number of carbonyl (C=O) groups excluding carboxylic acids is 2. The molecule has 36 heavy (non-hydrogen) atoms. The molecule has 0 fully saturated rings. The third kappa shape index (κ3) is 4.38. The number of benzene rings is 3. The first kappa shape index (κ1) is 23.4. The maximum atomic E-state index is 13.2. The van der Waals surface area contributed by atoms with Gasteiger partial charge in [0.05, 0.1) is 12.2 Å². The molecule has 0 unspecified atom stereocenters. The molecule has 184 valence electrons. The van der Waals surface area contributed by atoms with Crippen LogP contribution in [0.4, 0.5) is 0 Å². The summed E-state index contributed by atoms with van der Waals surface area (Å²) in [6, 6.07) is 17.6. The lowest BCUT2D eigenvalue weighted by Crippen LogP contribution is -2.16. The summed E-state index contributed by atoms with van der Waals surface area (Å²) < 4.78 is 28.1. The van der Waals surface area contributed by atoms with E-state index in [4.69, 9.17) is 23.4 Å². The van der Waals surface area contributed by atoms with Crippen molar-refractivity contribution >= 4 is 22.9 Å². The highest BCUT2D eigenvalue weighted by Gasteiger charge is 2.28. The topological polar surface area (TPSA) is 87.4 Å². The number of carbonyl (C=O) groups is 2. The molecule has 0 spiro atoms. The van der Waals surface area contributed by atoms with E-state index in [2.05, 4.69) is 0 Å². The highest BCUT2D eigenvalue weighted by molar-refractivity contribution is 6.10. The van der Waals surface area contributed by atoms with Crippen molar-refractivity contribution in [2.75, 3.05) is 27.5 Å². The molecule has 0 radical (unpaired) electrons. The maximum absolute atomic E-state index is 13.2. The minimum atomic E-state index is -0.558. The molecule has 1 aliphatic rings. The number of rotatable bonds is 7. The number of esters is 2. The number of fused-ring (bicyclic) bond motifs is 2. The van der Waals surface area contributed by atoms with Crippen LogP contribution in [0.15, 0.2) is 65.1 Å². The molecule has 1 aromatic heterocycles. The average molecular weight is 488 g/mol. The van der Waals surface area contributed by atoms with Crippen LogP contribution in [0.2, 0.25) is 0 Å². The van der Waals surface area contributed by atoms with Gasteiger partial charge in [-0.1, -0.05) is 30.3 Å². The van der Waals surface area contributed by atoms with Crippen LogP contribution in [0.5, 0.6) is 17.2 Å². The molecule has 4 aromatic rings. The molecule has 0 aliphatic carbocycles. The zero-order valence-corrected chi connectivity index (χ0v) is 20.2. The predicted octanol–water partition coefficient (Wildman–Crippen LogP) is 5.29. The molecule has 0 atom stereocenters. The third-order valence-electron chi connectivity index (χ3n) is 5.72. The summed E-state index contributed by atoms with van der Waals surface area (Å²) >= 11 is 0. The summed E-state index contributed by atoms with van der Waals surface area (Å²) in [7, 11) is 3.79. The fourth-order valence-corrected chi connectivity index (χ4v) is 4.18. The molecular weight excluding hydrogens is 462 g/mol. The van der Waals surface area contributed by atoms with Crippen LogP contribution in [-0.4, -0.2) is 44.3 Å². The van der Waals surface area contributed by atoms with Crippen LogP contribution in [0.25, 0.3) is 22.3 Å². The van der Waals surface area contributed by atoms with Crippen molar-refractivity contribution in [3.63, 3.8) is 0 Å². The molecule has 0 N–H and O–H groups in total. The van der Waals surface area contributed by atoms with Gasteiger partial charge in [0, 0.05) is 23.1 Å². The second-order valence-electron chi connectivity index (χ2n) is 8.50. The lowest BCUT2D eigenvalue weighted by molar-refractivity contribution is 0.0528. The Hall–Kier alpha value is -4.30. The van der Waals surface area contributed by atoms with Crippen molar-refractivity contribution < 1.29 is 33.0 Å². The number of hydrogen-bond donors (Lipinski definition) is 0. The first-order chi connectivity index (χ1) is 17.5. The fraction of sp³-hybridized carbons (Fsp3) is 0.214. The van der Waals surface area contributed by atoms with Crippen molar-refractivity contribution in [2.24, 2.45) is 0 Å². The Morgan fingerprint density at radius 1 is 0.944 bits per heavy atom. The number of nitrogens with zero attached hydrogens (tertiary/aromatic N) is 1. The molecule has 0 bridgehead atoms. The van der Waals surface area contributed by atoms with E-state index in [0.29, 0.717) is 57.2 Å². The van der Waals surface area contributed by atoms with Gasteiger partial charge in [-0.2, -0.15) is 0 Å². The molecular formula is C28H25NO7. The Morgan fingerprint density at radius 2 is 1.72 bits per heavy atom. The van der Waals surface area contributed by atoms with Gasteiger partial charge in [-0.15, -0.1) is 0 Å². The maximum Gasteiger partial charge on any atom is 0.343 e.